The number of ether oxygens (including phenoxy) is 1. The summed E-state index contributed by atoms with van der Waals surface area (Å²) in [5.74, 6) is 3.33. The van der Waals surface area contributed by atoms with Crippen molar-refractivity contribution in [2.75, 3.05) is 25.4 Å². The standard InChI is InChI=1S/C29H29N7O2/c1-2-21-23(19-13-18-5-3-4-6-20(18)32-14-19)24-25(30)33-17-34-26(24)36(21)29-9-7-28(16-29,8-10-29)35-27(37)22-15-31-11-12-38-22/h1,3-6,13-14,17,22,31H,7-12,15-16H2,(H,35,37)(H2,30,33,34). The molecule has 1 unspecified atom stereocenters. The lowest BCUT2D eigenvalue weighted by molar-refractivity contribution is -0.136. The van der Waals surface area contributed by atoms with Gasteiger partial charge in [0.1, 0.15) is 29.6 Å². The number of carbonyl (C=O) groups is 1. The van der Waals surface area contributed by atoms with Gasteiger partial charge in [-0.1, -0.05) is 24.1 Å². The Labute approximate surface area is 220 Å². The molecule has 9 heteroatoms. The molecular weight excluding hydrogens is 478 g/mol. The molecule has 0 radical (unpaired) electrons. The number of nitrogen functional groups attached to an aromatic ring is 1. The van der Waals surface area contributed by atoms with Crippen molar-refractivity contribution >= 4 is 33.7 Å². The lowest BCUT2D eigenvalue weighted by Gasteiger charge is -2.32. The minimum Gasteiger partial charge on any atom is -0.383 e. The highest BCUT2D eigenvalue weighted by atomic mass is 16.5. The molecule has 3 fully saturated rings. The number of rotatable bonds is 4. The first-order valence-electron chi connectivity index (χ1n) is 13.1. The highest BCUT2D eigenvalue weighted by Crippen LogP contribution is 2.57. The Hall–Kier alpha value is -4.00. The van der Waals surface area contributed by atoms with E-state index in [4.69, 9.17) is 21.9 Å². The predicted molar refractivity (Wildman–Crippen MR) is 145 cm³/mol. The number of aromatic nitrogens is 4. The first-order valence-corrected chi connectivity index (χ1v) is 13.1. The second-order valence-corrected chi connectivity index (χ2v) is 10.8. The van der Waals surface area contributed by atoms with Crippen molar-refractivity contribution in [2.45, 2.75) is 49.3 Å². The summed E-state index contributed by atoms with van der Waals surface area (Å²) in [6.07, 6.45) is 13.4. The maximum absolute atomic E-state index is 13.1. The maximum Gasteiger partial charge on any atom is 0.250 e. The van der Waals surface area contributed by atoms with Crippen molar-refractivity contribution in [3.63, 3.8) is 0 Å². The molecule has 1 amide bonds. The van der Waals surface area contributed by atoms with E-state index in [1.807, 2.05) is 30.5 Å². The van der Waals surface area contributed by atoms with Crippen molar-refractivity contribution in [1.82, 2.24) is 30.2 Å². The number of pyridine rings is 1. The van der Waals surface area contributed by atoms with Crippen molar-refractivity contribution < 1.29 is 9.53 Å². The number of hydrogen-bond acceptors (Lipinski definition) is 7. The summed E-state index contributed by atoms with van der Waals surface area (Å²) in [6.45, 7) is 1.85. The topological polar surface area (TPSA) is 120 Å². The van der Waals surface area contributed by atoms with E-state index >= 15 is 0 Å². The zero-order valence-electron chi connectivity index (χ0n) is 21.0. The van der Waals surface area contributed by atoms with Gasteiger partial charge in [0.15, 0.2) is 0 Å². The Kier molecular flexibility index (Phi) is 5.18. The summed E-state index contributed by atoms with van der Waals surface area (Å²) < 4.78 is 7.92. The number of anilines is 1. The van der Waals surface area contributed by atoms with Crippen LogP contribution in [0.25, 0.3) is 33.1 Å². The van der Waals surface area contributed by atoms with Crippen molar-refractivity contribution in [3.05, 3.63) is 48.5 Å². The van der Waals surface area contributed by atoms with E-state index < -0.39 is 6.10 Å². The smallest absolute Gasteiger partial charge is 0.250 e. The molecule has 2 aliphatic carbocycles. The Morgan fingerprint density at radius 2 is 2.05 bits per heavy atom. The fourth-order valence-corrected chi connectivity index (χ4v) is 6.95. The summed E-state index contributed by atoms with van der Waals surface area (Å²) in [7, 11) is 0. The van der Waals surface area contributed by atoms with Crippen LogP contribution < -0.4 is 16.4 Å². The summed E-state index contributed by atoms with van der Waals surface area (Å²) >= 11 is 0. The first-order chi connectivity index (χ1) is 18.5. The first kappa shape index (κ1) is 23.1. The highest BCUT2D eigenvalue weighted by molar-refractivity contribution is 6.04. The number of fused-ring (bicyclic) bond motifs is 4. The third-order valence-electron chi connectivity index (χ3n) is 8.68. The van der Waals surface area contributed by atoms with Crippen LogP contribution in [-0.4, -0.2) is 56.8 Å². The molecular formula is C29H29N7O2. The third kappa shape index (κ3) is 3.41. The highest BCUT2D eigenvalue weighted by Gasteiger charge is 2.57. The van der Waals surface area contributed by atoms with Gasteiger partial charge < -0.3 is 25.7 Å². The third-order valence-corrected chi connectivity index (χ3v) is 8.68. The van der Waals surface area contributed by atoms with Gasteiger partial charge in [-0.3, -0.25) is 9.78 Å². The summed E-state index contributed by atoms with van der Waals surface area (Å²) in [5.41, 5.74) is 10.0. The summed E-state index contributed by atoms with van der Waals surface area (Å²) in [4.78, 5) is 26.8. The van der Waals surface area contributed by atoms with E-state index in [0.29, 0.717) is 19.0 Å². The van der Waals surface area contributed by atoms with Gasteiger partial charge in [-0.25, -0.2) is 9.97 Å². The zero-order valence-corrected chi connectivity index (χ0v) is 21.0. The molecule has 7 rings (SSSR count). The molecule has 9 nitrogen and oxygen atoms in total. The Balaban J connectivity index is 1.34. The normalized spacial score (nSPS) is 26.6. The molecule has 1 saturated heterocycles. The summed E-state index contributed by atoms with van der Waals surface area (Å²) in [5, 5.41) is 8.38. The number of nitrogens with one attached hydrogen (secondary N) is 2. The van der Waals surface area contributed by atoms with E-state index in [1.165, 1.54) is 6.33 Å². The molecule has 0 spiro atoms. The predicted octanol–water partition coefficient (Wildman–Crippen LogP) is 2.73. The number of hydrogen-bond donors (Lipinski definition) is 3. The van der Waals surface area contributed by atoms with Crippen LogP contribution in [0.2, 0.25) is 0 Å². The number of amides is 1. The molecule has 1 aliphatic heterocycles. The molecule has 4 N–H and O–H groups in total. The van der Waals surface area contributed by atoms with Gasteiger partial charge in [0.05, 0.1) is 17.5 Å². The van der Waals surface area contributed by atoms with Gasteiger partial charge >= 0.3 is 0 Å². The average molecular weight is 508 g/mol. The van der Waals surface area contributed by atoms with Gasteiger partial charge in [-0.15, -0.1) is 6.42 Å². The number of para-hydroxylation sites is 1. The maximum atomic E-state index is 13.1. The van der Waals surface area contributed by atoms with Gasteiger partial charge in [0.2, 0.25) is 0 Å². The average Bonchev–Trinajstić information content (AvgIpc) is 3.62. The number of morpholine rings is 1. The lowest BCUT2D eigenvalue weighted by Crippen LogP contribution is -2.54. The number of terminal acetylenes is 1. The van der Waals surface area contributed by atoms with Gasteiger partial charge in [-0.2, -0.15) is 0 Å². The van der Waals surface area contributed by atoms with Crippen LogP contribution in [0, 0.1) is 12.3 Å². The Morgan fingerprint density at radius 3 is 2.84 bits per heavy atom. The second-order valence-electron chi connectivity index (χ2n) is 10.8. The fraction of sp³-hybridized carbons (Fsp3) is 0.379. The van der Waals surface area contributed by atoms with Crippen LogP contribution in [0.1, 0.15) is 37.8 Å². The SMILES string of the molecule is C#Cc1c(-c2cnc3ccccc3c2)c2c(N)ncnc2n1C12CCC(NC(=O)C3CNCCO3)(CC1)C2. The minimum absolute atomic E-state index is 0.0427. The molecule has 4 heterocycles. The quantitative estimate of drug-likeness (QED) is 0.363. The zero-order chi connectivity index (χ0) is 25.9. The fourth-order valence-electron chi connectivity index (χ4n) is 6.95. The number of carbonyl (C=O) groups excluding carboxylic acids is 1. The van der Waals surface area contributed by atoms with Gasteiger partial charge in [-0.05, 0) is 44.2 Å². The van der Waals surface area contributed by atoms with Crippen LogP contribution in [-0.2, 0) is 15.1 Å². The van der Waals surface area contributed by atoms with Crippen molar-refractivity contribution in [3.8, 4) is 23.5 Å². The molecule has 3 aliphatic rings. The molecule has 3 aromatic heterocycles. The van der Waals surface area contributed by atoms with Crippen LogP contribution in [0.4, 0.5) is 5.82 Å². The molecule has 2 saturated carbocycles. The molecule has 1 atom stereocenters. The largest absolute Gasteiger partial charge is 0.383 e. The van der Waals surface area contributed by atoms with E-state index in [1.54, 1.807) is 0 Å². The summed E-state index contributed by atoms with van der Waals surface area (Å²) in [6, 6.07) is 10.1. The number of benzene rings is 1. The molecule has 192 valence electrons. The molecule has 4 aromatic rings. The van der Waals surface area contributed by atoms with E-state index in [9.17, 15) is 4.79 Å². The van der Waals surface area contributed by atoms with Gasteiger partial charge in [0, 0.05) is 46.9 Å². The molecule has 1 aromatic carbocycles. The molecule has 2 bridgehead atoms. The van der Waals surface area contributed by atoms with Crippen LogP contribution >= 0.6 is 0 Å². The van der Waals surface area contributed by atoms with Crippen molar-refractivity contribution in [1.29, 1.82) is 0 Å². The Bertz CT molecular complexity index is 1620. The van der Waals surface area contributed by atoms with Crippen LogP contribution in [0.5, 0.6) is 0 Å². The van der Waals surface area contributed by atoms with Gasteiger partial charge in [0.25, 0.3) is 5.91 Å². The Morgan fingerprint density at radius 1 is 1.21 bits per heavy atom. The van der Waals surface area contributed by atoms with E-state index in [0.717, 1.165) is 77.4 Å². The molecule has 38 heavy (non-hydrogen) atoms. The van der Waals surface area contributed by atoms with Crippen LogP contribution in [0.3, 0.4) is 0 Å². The number of nitrogens with two attached hydrogens (primary N) is 1. The van der Waals surface area contributed by atoms with Crippen LogP contribution in [0.15, 0.2) is 42.9 Å². The van der Waals surface area contributed by atoms with Crippen molar-refractivity contribution in [2.24, 2.45) is 0 Å². The van der Waals surface area contributed by atoms with E-state index in [-0.39, 0.29) is 17.0 Å². The number of nitrogens with zero attached hydrogens (tertiary/aromatic N) is 4. The second kappa shape index (κ2) is 8.51. The van der Waals surface area contributed by atoms with E-state index in [2.05, 4.69) is 37.2 Å². The minimum atomic E-state index is -0.457. The lowest BCUT2D eigenvalue weighted by atomic mass is 9.90. The monoisotopic (exact) mass is 507 g/mol.